The van der Waals surface area contributed by atoms with E-state index in [1.165, 1.54) is 43.6 Å². The number of alkyl halides is 3. The monoisotopic (exact) mass is 677 g/mol. The van der Waals surface area contributed by atoms with Crippen LogP contribution in [0.25, 0.3) is 22.2 Å². The van der Waals surface area contributed by atoms with E-state index in [9.17, 15) is 32.3 Å². The number of aryl methyl sites for hydroxylation is 1. The van der Waals surface area contributed by atoms with Gasteiger partial charge in [-0.25, -0.2) is 14.4 Å². The smallest absolute Gasteiger partial charge is 0.424 e. The van der Waals surface area contributed by atoms with E-state index in [1.807, 2.05) is 0 Å². The predicted octanol–water partition coefficient (Wildman–Crippen LogP) is 5.06. The van der Waals surface area contributed by atoms with Crippen LogP contribution < -0.4 is 21.1 Å². The first-order chi connectivity index (χ1) is 23.1. The van der Waals surface area contributed by atoms with Gasteiger partial charge in [-0.1, -0.05) is 0 Å². The number of carbonyl (C=O) groups excluding carboxylic acids is 2. The number of rotatable bonds is 10. The normalized spacial score (nSPS) is 17.3. The molecule has 49 heavy (non-hydrogen) atoms. The number of ether oxygens (including phenoxy) is 1. The number of benzene rings is 2. The average Bonchev–Trinajstić information content (AvgIpc) is 3.42. The maximum atomic E-state index is 14.9. The quantitative estimate of drug-likeness (QED) is 0.135. The predicted molar refractivity (Wildman–Crippen MR) is 176 cm³/mol. The Morgan fingerprint density at radius 2 is 1.90 bits per heavy atom. The number of amides is 2. The number of nitrogens with zero attached hydrogens (tertiary/aromatic N) is 4. The number of fused-ring (bicyclic) bond motifs is 2. The molecule has 2 aromatic carbocycles. The van der Waals surface area contributed by atoms with Crippen LogP contribution in [-0.2, 0) is 15.8 Å². The van der Waals surface area contributed by atoms with Gasteiger partial charge >= 0.3 is 6.18 Å². The summed E-state index contributed by atoms with van der Waals surface area (Å²) in [6, 6.07) is 10.1. The highest BCUT2D eigenvalue weighted by Gasteiger charge is 2.57. The molecule has 15 heteroatoms. The third kappa shape index (κ3) is 6.56. The van der Waals surface area contributed by atoms with Crippen LogP contribution in [0, 0.1) is 12.7 Å². The Morgan fingerprint density at radius 1 is 1.18 bits per heavy atom. The molecule has 0 bridgehead atoms. The molecule has 2 aromatic heterocycles. The highest BCUT2D eigenvalue weighted by Crippen LogP contribution is 2.47. The molecule has 2 amide bonds. The topological polar surface area (TPSA) is 164 Å². The first-order valence-electron chi connectivity index (χ1n) is 14.8. The number of primary amides is 1. The van der Waals surface area contributed by atoms with Crippen molar-refractivity contribution in [3.63, 3.8) is 0 Å². The van der Waals surface area contributed by atoms with Crippen molar-refractivity contribution in [1.29, 1.82) is 0 Å². The summed E-state index contributed by atoms with van der Waals surface area (Å²) in [5, 5.41) is 17.0. The van der Waals surface area contributed by atoms with Gasteiger partial charge in [0.25, 0.3) is 5.91 Å². The Morgan fingerprint density at radius 3 is 2.53 bits per heavy atom. The van der Waals surface area contributed by atoms with Gasteiger partial charge in [0, 0.05) is 34.5 Å². The van der Waals surface area contributed by atoms with Crippen LogP contribution in [0.2, 0.25) is 0 Å². The van der Waals surface area contributed by atoms with E-state index in [-0.39, 0.29) is 46.2 Å². The first kappa shape index (κ1) is 34.6. The van der Waals surface area contributed by atoms with Crippen molar-refractivity contribution >= 4 is 41.3 Å². The van der Waals surface area contributed by atoms with Crippen molar-refractivity contribution in [3.8, 4) is 17.0 Å². The van der Waals surface area contributed by atoms with Crippen LogP contribution in [0.15, 0.2) is 76.7 Å². The molecule has 5 rings (SSSR count). The minimum absolute atomic E-state index is 0.0441. The lowest BCUT2D eigenvalue weighted by Gasteiger charge is -2.31. The minimum atomic E-state index is -5.39. The Balaban J connectivity index is 1.58. The van der Waals surface area contributed by atoms with Crippen molar-refractivity contribution in [2.45, 2.75) is 38.0 Å². The molecule has 4 aromatic rings. The lowest BCUT2D eigenvalue weighted by atomic mass is 9.81. The van der Waals surface area contributed by atoms with E-state index in [2.05, 4.69) is 37.3 Å². The number of carbonyl (C=O) groups is 2. The van der Waals surface area contributed by atoms with Crippen LogP contribution in [0.3, 0.4) is 0 Å². The van der Waals surface area contributed by atoms with Crippen LogP contribution in [0.5, 0.6) is 5.75 Å². The van der Waals surface area contributed by atoms with E-state index in [1.54, 1.807) is 26.1 Å². The number of hydrogen-bond acceptors (Lipinski definition) is 9. The standard InChI is InChI=1S/C34H31F4N7O4/c1-5-41-15-26(40-4)44-24-12-21(11-20-10-18(2)14-42-27(20)24)30(46)43-16-33(48,34(36,37)38)25-13-23-29(49-17-32(23,3)31(39)47)28(45-25)19-6-8-22(35)9-7-19/h5-15,44,48H,4,16-17H2,1-3H3,(H2,39,47)(H,43,46)/b26-15+,41-5-/t32-,33?/m0/s1. The van der Waals surface area contributed by atoms with Gasteiger partial charge < -0.3 is 26.2 Å². The second-order valence-corrected chi connectivity index (χ2v) is 11.6. The van der Waals surface area contributed by atoms with Crippen molar-refractivity contribution in [3.05, 3.63) is 95.0 Å². The molecule has 0 fully saturated rings. The average molecular weight is 678 g/mol. The van der Waals surface area contributed by atoms with Crippen molar-refractivity contribution < 1.29 is 37.0 Å². The molecular formula is C34H31F4N7O4. The molecule has 0 radical (unpaired) electrons. The summed E-state index contributed by atoms with van der Waals surface area (Å²) >= 11 is 0. The second kappa shape index (κ2) is 13.1. The molecule has 254 valence electrons. The fraction of sp³-hybridized carbons (Fsp3) is 0.235. The number of nitrogens with two attached hydrogens (primary N) is 1. The molecule has 1 aliphatic rings. The number of pyridine rings is 2. The van der Waals surface area contributed by atoms with Gasteiger partial charge in [0.2, 0.25) is 11.5 Å². The number of aliphatic imine (C=N–C) groups is 2. The fourth-order valence-electron chi connectivity index (χ4n) is 5.23. The summed E-state index contributed by atoms with van der Waals surface area (Å²) in [5.41, 5.74) is 0.619. The summed E-state index contributed by atoms with van der Waals surface area (Å²) < 4.78 is 64.0. The van der Waals surface area contributed by atoms with E-state index in [0.717, 1.165) is 23.8 Å². The SMILES string of the molecule is C=N/C(=C\N=C/C)Nc1cc(C(=O)NCC(O)(c2cc3c(c(-c4ccc(F)cc4)n2)OC[C@]3(C)C(N)=O)C(F)(F)F)cc2cc(C)cnc12. The Bertz CT molecular complexity index is 2030. The zero-order valence-electron chi connectivity index (χ0n) is 26.5. The first-order valence-corrected chi connectivity index (χ1v) is 14.8. The number of anilines is 1. The van der Waals surface area contributed by atoms with Crippen molar-refractivity contribution in [2.75, 3.05) is 18.5 Å². The van der Waals surface area contributed by atoms with Crippen LogP contribution in [0.4, 0.5) is 23.2 Å². The summed E-state index contributed by atoms with van der Waals surface area (Å²) in [6.45, 7) is 6.65. The molecule has 1 unspecified atom stereocenters. The third-order valence-electron chi connectivity index (χ3n) is 8.09. The number of halogens is 4. The number of aromatic nitrogens is 2. The maximum absolute atomic E-state index is 14.9. The molecule has 5 N–H and O–H groups in total. The van der Waals surface area contributed by atoms with Gasteiger partial charge in [-0.3, -0.25) is 19.6 Å². The largest absolute Gasteiger partial charge is 0.489 e. The number of aliphatic hydroxyl groups is 1. The molecule has 1 aliphatic heterocycles. The summed E-state index contributed by atoms with van der Waals surface area (Å²) in [7, 11) is 0. The fourth-order valence-corrected chi connectivity index (χ4v) is 5.23. The molecule has 3 heterocycles. The van der Waals surface area contributed by atoms with E-state index < -0.39 is 47.1 Å². The van der Waals surface area contributed by atoms with Gasteiger partial charge in [0.15, 0.2) is 0 Å². The Hall–Kier alpha value is -5.70. The lowest BCUT2D eigenvalue weighted by molar-refractivity contribution is -0.265. The van der Waals surface area contributed by atoms with Gasteiger partial charge in [-0.15, -0.1) is 0 Å². The molecular weight excluding hydrogens is 646 g/mol. The minimum Gasteiger partial charge on any atom is -0.489 e. The van der Waals surface area contributed by atoms with Gasteiger partial charge in [-0.05, 0) is 81.6 Å². The van der Waals surface area contributed by atoms with Crippen LogP contribution in [0.1, 0.15) is 41.0 Å². The third-order valence-corrected chi connectivity index (χ3v) is 8.09. The maximum Gasteiger partial charge on any atom is 0.424 e. The molecule has 2 atom stereocenters. The van der Waals surface area contributed by atoms with Gasteiger partial charge in [0.1, 0.15) is 35.1 Å². The van der Waals surface area contributed by atoms with E-state index >= 15 is 0 Å². The summed E-state index contributed by atoms with van der Waals surface area (Å²) in [4.78, 5) is 42.4. The van der Waals surface area contributed by atoms with Gasteiger partial charge in [-0.2, -0.15) is 13.2 Å². The highest BCUT2D eigenvalue weighted by molar-refractivity contribution is 6.02. The zero-order chi connectivity index (χ0) is 35.7. The molecule has 11 nitrogen and oxygen atoms in total. The molecule has 0 saturated heterocycles. The lowest BCUT2D eigenvalue weighted by Crippen LogP contribution is -2.51. The second-order valence-electron chi connectivity index (χ2n) is 11.6. The summed E-state index contributed by atoms with van der Waals surface area (Å²) in [5.74, 6) is -2.32. The van der Waals surface area contributed by atoms with Gasteiger partial charge in [0.05, 0.1) is 29.6 Å². The molecule has 0 spiro atoms. The van der Waals surface area contributed by atoms with E-state index in [0.29, 0.717) is 10.9 Å². The molecule has 0 saturated carbocycles. The molecule has 0 aliphatic carbocycles. The Labute approximate surface area is 277 Å². The van der Waals surface area contributed by atoms with Crippen molar-refractivity contribution in [2.24, 2.45) is 15.7 Å². The van der Waals surface area contributed by atoms with Crippen LogP contribution in [-0.4, -0.2) is 59.1 Å². The zero-order valence-corrected chi connectivity index (χ0v) is 26.5. The Kier molecular flexibility index (Phi) is 9.24. The number of hydrogen-bond donors (Lipinski definition) is 4. The van der Waals surface area contributed by atoms with Crippen LogP contribution >= 0.6 is 0 Å². The number of nitrogens with one attached hydrogen (secondary N) is 2. The van der Waals surface area contributed by atoms with E-state index in [4.69, 9.17) is 10.5 Å². The highest BCUT2D eigenvalue weighted by atomic mass is 19.4. The van der Waals surface area contributed by atoms with Crippen molar-refractivity contribution in [1.82, 2.24) is 15.3 Å². The summed E-state index contributed by atoms with van der Waals surface area (Å²) in [6.07, 6.45) is -0.903.